The van der Waals surface area contributed by atoms with E-state index in [1.165, 1.54) is 11.3 Å². The smallest absolute Gasteiger partial charge is 0.321 e. The number of carbonyl (C=O) groups excluding carboxylic acids is 2. The monoisotopic (exact) mass is 392 g/mol. The number of benzene rings is 2. The summed E-state index contributed by atoms with van der Waals surface area (Å²) in [5.41, 5.74) is 3.73. The van der Waals surface area contributed by atoms with Crippen LogP contribution in [0.15, 0.2) is 60.0 Å². The van der Waals surface area contributed by atoms with Crippen LogP contribution in [0.2, 0.25) is 0 Å². The fourth-order valence-electron chi connectivity index (χ4n) is 3.11. The van der Waals surface area contributed by atoms with Gasteiger partial charge in [0, 0.05) is 36.1 Å². The molecule has 0 spiro atoms. The molecule has 1 aliphatic heterocycles. The molecule has 2 N–H and O–H groups in total. The molecule has 0 atom stereocenters. The fraction of sp³-hybridized carbons (Fsp3) is 0.190. The maximum Gasteiger partial charge on any atom is 0.321 e. The van der Waals surface area contributed by atoms with Gasteiger partial charge in [-0.05, 0) is 24.1 Å². The van der Waals surface area contributed by atoms with E-state index in [4.69, 9.17) is 0 Å². The van der Waals surface area contributed by atoms with E-state index in [0.717, 1.165) is 35.5 Å². The highest BCUT2D eigenvalue weighted by atomic mass is 32.1. The third-order valence-corrected chi connectivity index (χ3v) is 5.33. The molecule has 0 aliphatic carbocycles. The Morgan fingerprint density at radius 1 is 1.11 bits per heavy atom. The van der Waals surface area contributed by atoms with Crippen LogP contribution in [0.1, 0.15) is 18.4 Å². The number of carbonyl (C=O) groups is 2. The molecule has 3 aromatic rings. The number of nitrogens with one attached hydrogen (secondary N) is 2. The standard InChI is InChI=1S/C21H20N4O2S/c26-19-7-4-12-25(19)17-10-8-15(9-11-17)13-22-20(27)24-21-23-18(14-28-21)16-5-2-1-3-6-16/h1-3,5-6,8-11,14H,4,7,12-13H2,(H2,22,23,24,27). The molecule has 0 bridgehead atoms. The molecule has 1 fully saturated rings. The number of urea groups is 1. The average molecular weight is 392 g/mol. The van der Waals surface area contributed by atoms with Crippen LogP contribution in [0.25, 0.3) is 11.3 Å². The quantitative estimate of drug-likeness (QED) is 0.681. The SMILES string of the molecule is O=C(NCc1ccc(N2CCCC2=O)cc1)Nc1nc(-c2ccccc2)cs1. The van der Waals surface area contributed by atoms with Gasteiger partial charge in [0.2, 0.25) is 5.91 Å². The number of aromatic nitrogens is 1. The second-order valence-corrected chi connectivity index (χ2v) is 7.39. The Bertz CT molecular complexity index is 970. The van der Waals surface area contributed by atoms with E-state index in [1.54, 1.807) is 4.90 Å². The third-order valence-electron chi connectivity index (χ3n) is 4.57. The van der Waals surface area contributed by atoms with Crippen LogP contribution in [0, 0.1) is 0 Å². The zero-order chi connectivity index (χ0) is 19.3. The molecule has 2 aromatic carbocycles. The lowest BCUT2D eigenvalue weighted by atomic mass is 10.2. The van der Waals surface area contributed by atoms with Gasteiger partial charge in [0.25, 0.3) is 0 Å². The fourth-order valence-corrected chi connectivity index (χ4v) is 3.83. The van der Waals surface area contributed by atoms with Crippen molar-refractivity contribution >= 4 is 34.1 Å². The zero-order valence-electron chi connectivity index (χ0n) is 15.2. The molecule has 4 rings (SSSR count). The summed E-state index contributed by atoms with van der Waals surface area (Å²) < 4.78 is 0. The second-order valence-electron chi connectivity index (χ2n) is 6.53. The lowest BCUT2D eigenvalue weighted by Gasteiger charge is -2.16. The minimum absolute atomic E-state index is 0.170. The second kappa shape index (κ2) is 8.22. The summed E-state index contributed by atoms with van der Waals surface area (Å²) in [5.74, 6) is 0.170. The maximum absolute atomic E-state index is 12.1. The highest BCUT2D eigenvalue weighted by Gasteiger charge is 2.21. The van der Waals surface area contributed by atoms with Gasteiger partial charge in [0.1, 0.15) is 0 Å². The Morgan fingerprint density at radius 2 is 1.89 bits per heavy atom. The molecule has 3 amide bonds. The topological polar surface area (TPSA) is 74.3 Å². The molecular weight excluding hydrogens is 372 g/mol. The summed E-state index contributed by atoms with van der Waals surface area (Å²) in [4.78, 5) is 30.2. The van der Waals surface area contributed by atoms with Gasteiger partial charge in [-0.15, -0.1) is 11.3 Å². The first-order valence-corrected chi connectivity index (χ1v) is 10.0. The van der Waals surface area contributed by atoms with Crippen LogP contribution in [0.4, 0.5) is 15.6 Å². The molecule has 28 heavy (non-hydrogen) atoms. The van der Waals surface area contributed by atoms with E-state index in [9.17, 15) is 9.59 Å². The molecular formula is C21H20N4O2S. The highest BCUT2D eigenvalue weighted by molar-refractivity contribution is 7.14. The number of rotatable bonds is 5. The van der Waals surface area contributed by atoms with Crippen molar-refractivity contribution in [1.29, 1.82) is 0 Å². The largest absolute Gasteiger partial charge is 0.334 e. The first-order valence-electron chi connectivity index (χ1n) is 9.14. The normalized spacial score (nSPS) is 13.6. The summed E-state index contributed by atoms with van der Waals surface area (Å²) in [6.45, 7) is 1.18. The predicted molar refractivity (Wildman–Crippen MR) is 111 cm³/mol. The van der Waals surface area contributed by atoms with Crippen molar-refractivity contribution < 1.29 is 9.59 Å². The van der Waals surface area contributed by atoms with Gasteiger partial charge in [-0.3, -0.25) is 10.1 Å². The molecule has 1 saturated heterocycles. The third kappa shape index (κ3) is 4.20. The van der Waals surface area contributed by atoms with Crippen LogP contribution in [0.3, 0.4) is 0 Å². The minimum Gasteiger partial charge on any atom is -0.334 e. The molecule has 142 valence electrons. The molecule has 2 heterocycles. The van der Waals surface area contributed by atoms with E-state index in [-0.39, 0.29) is 11.9 Å². The highest BCUT2D eigenvalue weighted by Crippen LogP contribution is 2.24. The van der Waals surface area contributed by atoms with E-state index in [1.807, 2.05) is 60.0 Å². The van der Waals surface area contributed by atoms with Crippen molar-refractivity contribution in [3.05, 3.63) is 65.5 Å². The molecule has 0 saturated carbocycles. The molecule has 0 radical (unpaired) electrons. The van der Waals surface area contributed by atoms with Gasteiger partial charge in [-0.1, -0.05) is 42.5 Å². The Hall–Kier alpha value is -3.19. The van der Waals surface area contributed by atoms with E-state index in [0.29, 0.717) is 18.1 Å². The first kappa shape index (κ1) is 18.2. The van der Waals surface area contributed by atoms with Gasteiger partial charge < -0.3 is 10.2 Å². The van der Waals surface area contributed by atoms with Crippen LogP contribution in [0.5, 0.6) is 0 Å². The van der Waals surface area contributed by atoms with Crippen molar-refractivity contribution in [2.75, 3.05) is 16.8 Å². The van der Waals surface area contributed by atoms with E-state index < -0.39 is 0 Å². The summed E-state index contributed by atoms with van der Waals surface area (Å²) in [6.07, 6.45) is 1.53. The Kier molecular flexibility index (Phi) is 5.34. The number of amides is 3. The molecule has 1 aromatic heterocycles. The number of anilines is 2. The van der Waals surface area contributed by atoms with Crippen molar-refractivity contribution in [3.8, 4) is 11.3 Å². The number of hydrogen-bond donors (Lipinski definition) is 2. The number of thiazole rings is 1. The lowest BCUT2D eigenvalue weighted by molar-refractivity contribution is -0.117. The average Bonchev–Trinajstić information content (AvgIpc) is 3.36. The molecule has 0 unspecified atom stereocenters. The summed E-state index contributed by atoms with van der Waals surface area (Å²) in [7, 11) is 0. The van der Waals surface area contributed by atoms with Crippen molar-refractivity contribution in [3.63, 3.8) is 0 Å². The molecule has 1 aliphatic rings. The summed E-state index contributed by atoms with van der Waals surface area (Å²) in [6, 6.07) is 17.2. The summed E-state index contributed by atoms with van der Waals surface area (Å²) in [5, 5.41) is 8.07. The molecule has 7 heteroatoms. The van der Waals surface area contributed by atoms with Crippen molar-refractivity contribution in [2.45, 2.75) is 19.4 Å². The Balaban J connectivity index is 1.30. The lowest BCUT2D eigenvalue weighted by Crippen LogP contribution is -2.28. The number of hydrogen-bond acceptors (Lipinski definition) is 4. The van der Waals surface area contributed by atoms with Crippen LogP contribution in [-0.4, -0.2) is 23.5 Å². The van der Waals surface area contributed by atoms with Gasteiger partial charge in [0.05, 0.1) is 5.69 Å². The van der Waals surface area contributed by atoms with E-state index >= 15 is 0 Å². The van der Waals surface area contributed by atoms with Crippen molar-refractivity contribution in [1.82, 2.24) is 10.3 Å². The van der Waals surface area contributed by atoms with Crippen LogP contribution in [-0.2, 0) is 11.3 Å². The van der Waals surface area contributed by atoms with Crippen LogP contribution < -0.4 is 15.5 Å². The predicted octanol–water partition coefficient (Wildman–Crippen LogP) is 4.26. The van der Waals surface area contributed by atoms with Gasteiger partial charge >= 0.3 is 6.03 Å². The summed E-state index contributed by atoms with van der Waals surface area (Å²) >= 11 is 1.39. The van der Waals surface area contributed by atoms with E-state index in [2.05, 4.69) is 15.6 Å². The maximum atomic E-state index is 12.1. The molecule has 6 nitrogen and oxygen atoms in total. The van der Waals surface area contributed by atoms with Crippen molar-refractivity contribution in [2.24, 2.45) is 0 Å². The first-order chi connectivity index (χ1) is 13.7. The van der Waals surface area contributed by atoms with Gasteiger partial charge in [0.15, 0.2) is 5.13 Å². The number of nitrogens with zero attached hydrogens (tertiary/aromatic N) is 2. The van der Waals surface area contributed by atoms with Gasteiger partial charge in [-0.25, -0.2) is 9.78 Å². The minimum atomic E-state index is -0.298. The Labute approximate surface area is 167 Å². The zero-order valence-corrected chi connectivity index (χ0v) is 16.0. The Morgan fingerprint density at radius 3 is 2.61 bits per heavy atom. The van der Waals surface area contributed by atoms with Gasteiger partial charge in [-0.2, -0.15) is 0 Å². The van der Waals surface area contributed by atoms with Crippen LogP contribution >= 0.6 is 11.3 Å².